The Morgan fingerprint density at radius 3 is 3.00 bits per heavy atom. The fraction of sp³-hybridized carbons (Fsp3) is 0.438. The second-order valence-electron chi connectivity index (χ2n) is 5.55. The lowest BCUT2D eigenvalue weighted by molar-refractivity contribution is -0.156. The molecule has 2 aromatic rings. The Morgan fingerprint density at radius 1 is 1.50 bits per heavy atom. The van der Waals surface area contributed by atoms with Gasteiger partial charge in [-0.2, -0.15) is 0 Å². The Kier molecular flexibility index (Phi) is 4.23. The summed E-state index contributed by atoms with van der Waals surface area (Å²) in [6.07, 6.45) is 1.10. The van der Waals surface area contributed by atoms with E-state index in [9.17, 15) is 9.59 Å². The van der Waals surface area contributed by atoms with E-state index in [2.05, 4.69) is 4.98 Å². The number of aromatic nitrogens is 1. The molecule has 2 atom stereocenters. The summed E-state index contributed by atoms with van der Waals surface area (Å²) in [6.45, 7) is 3.73. The van der Waals surface area contributed by atoms with Crippen LogP contribution in [-0.2, 0) is 14.3 Å². The molecule has 2 heterocycles. The number of para-hydroxylation sites is 1. The molecule has 1 saturated heterocycles. The molecular weight excluding hydrogens is 318 g/mol. The van der Waals surface area contributed by atoms with Gasteiger partial charge in [-0.25, -0.2) is 4.98 Å². The lowest BCUT2D eigenvalue weighted by atomic mass is 9.84. The molecule has 0 spiro atoms. The predicted octanol–water partition coefficient (Wildman–Crippen LogP) is 3.69. The van der Waals surface area contributed by atoms with Crippen LogP contribution in [0.1, 0.15) is 26.7 Å². The van der Waals surface area contributed by atoms with Crippen molar-refractivity contribution in [3.63, 3.8) is 0 Å². The van der Waals surface area contributed by atoms with Crippen molar-refractivity contribution < 1.29 is 14.3 Å². The van der Waals surface area contributed by atoms with Gasteiger partial charge in [-0.1, -0.05) is 30.8 Å². The van der Waals surface area contributed by atoms with Crippen molar-refractivity contribution in [3.8, 4) is 0 Å². The molecule has 0 amide bonds. The highest BCUT2D eigenvalue weighted by Gasteiger charge is 2.49. The number of carbonyl (C=O) groups is 2. The first kappa shape index (κ1) is 15.5. The number of thioether (sulfide) groups is 1. The molecule has 0 bridgehead atoms. The van der Waals surface area contributed by atoms with E-state index in [1.165, 1.54) is 11.8 Å². The molecule has 4 nitrogen and oxygen atoms in total. The van der Waals surface area contributed by atoms with E-state index in [0.29, 0.717) is 6.42 Å². The highest BCUT2D eigenvalue weighted by Crippen LogP contribution is 2.38. The predicted molar refractivity (Wildman–Crippen MR) is 88.2 cm³/mol. The number of ketones is 1. The van der Waals surface area contributed by atoms with Crippen LogP contribution < -0.4 is 0 Å². The summed E-state index contributed by atoms with van der Waals surface area (Å²) >= 11 is 3.00. The van der Waals surface area contributed by atoms with Gasteiger partial charge in [-0.3, -0.25) is 9.59 Å². The fourth-order valence-electron chi connectivity index (χ4n) is 2.76. The molecule has 0 radical (unpaired) electrons. The van der Waals surface area contributed by atoms with Crippen LogP contribution in [0, 0.1) is 5.92 Å². The van der Waals surface area contributed by atoms with Gasteiger partial charge in [0.05, 0.1) is 22.4 Å². The monoisotopic (exact) mass is 335 g/mol. The number of hydrogen-bond donors (Lipinski definition) is 0. The van der Waals surface area contributed by atoms with E-state index in [-0.39, 0.29) is 23.4 Å². The Labute approximate surface area is 137 Å². The quantitative estimate of drug-likeness (QED) is 0.616. The first-order valence-corrected chi connectivity index (χ1v) is 9.06. The highest BCUT2D eigenvalue weighted by atomic mass is 32.2. The Balaban J connectivity index is 1.70. The van der Waals surface area contributed by atoms with Crippen molar-refractivity contribution in [2.75, 3.05) is 5.75 Å². The number of thiazole rings is 1. The second kappa shape index (κ2) is 6.01. The standard InChI is InChI=1S/C16H17NO3S2/c1-3-10-8-14(19)20-16(10,2)13(18)9-21-15-17-11-6-4-5-7-12(11)22-15/h4-7,10H,3,8-9H2,1-2H3/t10-,16-/m1/s1. The van der Waals surface area contributed by atoms with E-state index in [0.717, 1.165) is 21.0 Å². The van der Waals surface area contributed by atoms with Crippen molar-refractivity contribution in [1.29, 1.82) is 0 Å². The van der Waals surface area contributed by atoms with Gasteiger partial charge in [0.15, 0.2) is 15.7 Å². The smallest absolute Gasteiger partial charge is 0.307 e. The molecular formula is C16H17NO3S2. The number of ether oxygens (including phenoxy) is 1. The lowest BCUT2D eigenvalue weighted by Crippen LogP contribution is -2.42. The minimum absolute atomic E-state index is 0.0246. The first-order chi connectivity index (χ1) is 10.5. The second-order valence-corrected chi connectivity index (χ2v) is 7.80. The summed E-state index contributed by atoms with van der Waals surface area (Å²) in [5, 5.41) is 0. The van der Waals surface area contributed by atoms with Crippen molar-refractivity contribution in [3.05, 3.63) is 24.3 Å². The Hall–Kier alpha value is -1.40. The topological polar surface area (TPSA) is 56.3 Å². The molecule has 1 aromatic heterocycles. The molecule has 1 aliphatic heterocycles. The number of nitrogens with zero attached hydrogens (tertiary/aromatic N) is 1. The van der Waals surface area contributed by atoms with Crippen LogP contribution in [0.15, 0.2) is 28.6 Å². The molecule has 1 fully saturated rings. The summed E-state index contributed by atoms with van der Waals surface area (Å²) in [7, 11) is 0. The van der Waals surface area contributed by atoms with Crippen LogP contribution in [-0.4, -0.2) is 28.1 Å². The molecule has 22 heavy (non-hydrogen) atoms. The summed E-state index contributed by atoms with van der Waals surface area (Å²) in [5.74, 6) is -0.0503. The van der Waals surface area contributed by atoms with Gasteiger partial charge >= 0.3 is 5.97 Å². The fourth-order valence-corrected chi connectivity index (χ4v) is 4.84. The number of benzene rings is 1. The number of Topliss-reactive ketones (excluding diaryl/α,β-unsaturated/α-hetero) is 1. The molecule has 1 aliphatic rings. The first-order valence-electron chi connectivity index (χ1n) is 7.26. The van der Waals surface area contributed by atoms with Crippen LogP contribution >= 0.6 is 23.1 Å². The zero-order chi connectivity index (χ0) is 15.7. The van der Waals surface area contributed by atoms with Gasteiger partial charge in [0.1, 0.15) is 0 Å². The van der Waals surface area contributed by atoms with E-state index in [1.54, 1.807) is 18.3 Å². The van der Waals surface area contributed by atoms with Crippen LogP contribution in [0.3, 0.4) is 0 Å². The van der Waals surface area contributed by atoms with Gasteiger partial charge < -0.3 is 4.74 Å². The van der Waals surface area contributed by atoms with E-state index in [4.69, 9.17) is 4.74 Å². The highest BCUT2D eigenvalue weighted by molar-refractivity contribution is 8.01. The molecule has 1 aromatic carbocycles. The molecule has 0 saturated carbocycles. The number of cyclic esters (lactones) is 1. The Morgan fingerprint density at radius 2 is 2.27 bits per heavy atom. The van der Waals surface area contributed by atoms with Crippen LogP contribution in [0.25, 0.3) is 10.2 Å². The van der Waals surface area contributed by atoms with Gasteiger partial charge in [0.2, 0.25) is 0 Å². The van der Waals surface area contributed by atoms with Crippen LogP contribution in [0.5, 0.6) is 0 Å². The molecule has 0 unspecified atom stereocenters. The van der Waals surface area contributed by atoms with E-state index >= 15 is 0 Å². The molecule has 0 aliphatic carbocycles. The number of carbonyl (C=O) groups excluding carboxylic acids is 2. The average Bonchev–Trinajstić information content (AvgIpc) is 3.05. The van der Waals surface area contributed by atoms with Crippen molar-refractivity contribution in [1.82, 2.24) is 4.98 Å². The zero-order valence-corrected chi connectivity index (χ0v) is 14.1. The van der Waals surface area contributed by atoms with Gasteiger partial charge in [0, 0.05) is 5.92 Å². The Bertz CT molecular complexity index is 694. The maximum Gasteiger partial charge on any atom is 0.307 e. The maximum atomic E-state index is 12.5. The summed E-state index contributed by atoms with van der Waals surface area (Å²) < 4.78 is 7.33. The minimum Gasteiger partial charge on any atom is -0.451 e. The minimum atomic E-state index is -0.977. The summed E-state index contributed by atoms with van der Waals surface area (Å²) in [5.41, 5.74) is -0.0254. The normalized spacial score (nSPS) is 24.6. The third kappa shape index (κ3) is 2.77. The van der Waals surface area contributed by atoms with Crippen LogP contribution in [0.4, 0.5) is 0 Å². The largest absolute Gasteiger partial charge is 0.451 e. The van der Waals surface area contributed by atoms with Crippen molar-refractivity contribution in [2.24, 2.45) is 5.92 Å². The van der Waals surface area contributed by atoms with Crippen molar-refractivity contribution >= 4 is 45.1 Å². The maximum absolute atomic E-state index is 12.5. The summed E-state index contributed by atoms with van der Waals surface area (Å²) in [4.78, 5) is 28.6. The number of esters is 1. The zero-order valence-electron chi connectivity index (χ0n) is 12.5. The molecule has 0 N–H and O–H groups in total. The third-order valence-corrected chi connectivity index (χ3v) is 6.34. The number of rotatable bonds is 5. The molecule has 3 rings (SSSR count). The van der Waals surface area contributed by atoms with Crippen molar-refractivity contribution in [2.45, 2.75) is 36.6 Å². The SMILES string of the molecule is CC[C@@H]1CC(=O)O[C@@]1(C)C(=O)CSc1nc2ccccc2s1. The van der Waals surface area contributed by atoms with E-state index < -0.39 is 5.60 Å². The van der Waals surface area contributed by atoms with Gasteiger partial charge in [0.25, 0.3) is 0 Å². The number of fused-ring (bicyclic) bond motifs is 1. The van der Waals surface area contributed by atoms with Gasteiger partial charge in [-0.05, 0) is 25.5 Å². The lowest BCUT2D eigenvalue weighted by Gasteiger charge is -2.26. The molecule has 116 valence electrons. The van der Waals surface area contributed by atoms with Gasteiger partial charge in [-0.15, -0.1) is 11.3 Å². The molecule has 6 heteroatoms. The van der Waals surface area contributed by atoms with E-state index in [1.807, 2.05) is 31.2 Å². The summed E-state index contributed by atoms with van der Waals surface area (Å²) in [6, 6.07) is 7.91. The number of hydrogen-bond acceptors (Lipinski definition) is 6. The average molecular weight is 335 g/mol. The third-order valence-electron chi connectivity index (χ3n) is 4.17. The van der Waals surface area contributed by atoms with Crippen LogP contribution in [0.2, 0.25) is 0 Å².